The highest BCUT2D eigenvalue weighted by molar-refractivity contribution is 6.32. The standard InChI is InChI=1S/C13H10ClNO2/c1-2-3-4-7-15-12(16)10-6-5-9(14)8-11(10)13(15)17/h1,5-6,8H,3-4,7H2. The van der Waals surface area contributed by atoms with Gasteiger partial charge in [0.1, 0.15) is 0 Å². The Morgan fingerprint density at radius 3 is 2.65 bits per heavy atom. The number of imide groups is 1. The molecule has 3 nitrogen and oxygen atoms in total. The molecule has 2 rings (SSSR count). The van der Waals surface area contributed by atoms with Crippen molar-refractivity contribution in [3.05, 3.63) is 34.3 Å². The monoisotopic (exact) mass is 247 g/mol. The maximum Gasteiger partial charge on any atom is 0.261 e. The molecule has 0 saturated heterocycles. The number of unbranched alkanes of at least 4 members (excludes halogenated alkanes) is 1. The Morgan fingerprint density at radius 2 is 1.94 bits per heavy atom. The Bertz CT molecular complexity index is 531. The van der Waals surface area contributed by atoms with Crippen LogP contribution in [0.25, 0.3) is 0 Å². The van der Waals surface area contributed by atoms with Gasteiger partial charge in [0.05, 0.1) is 11.1 Å². The van der Waals surface area contributed by atoms with Gasteiger partial charge in [-0.1, -0.05) is 11.6 Å². The van der Waals surface area contributed by atoms with E-state index in [1.54, 1.807) is 12.1 Å². The van der Waals surface area contributed by atoms with E-state index < -0.39 is 0 Å². The number of hydrogen-bond acceptors (Lipinski definition) is 2. The van der Waals surface area contributed by atoms with Gasteiger partial charge in [-0.15, -0.1) is 12.3 Å². The van der Waals surface area contributed by atoms with Gasteiger partial charge in [0.2, 0.25) is 0 Å². The van der Waals surface area contributed by atoms with Crippen LogP contribution in [0.15, 0.2) is 18.2 Å². The van der Waals surface area contributed by atoms with E-state index in [0.717, 1.165) is 0 Å². The number of nitrogens with zero attached hydrogens (tertiary/aromatic N) is 1. The first kappa shape index (κ1) is 11.7. The van der Waals surface area contributed by atoms with Crippen molar-refractivity contribution in [3.63, 3.8) is 0 Å². The van der Waals surface area contributed by atoms with Crippen LogP contribution in [0.2, 0.25) is 5.02 Å². The third kappa shape index (κ3) is 2.04. The highest BCUT2D eigenvalue weighted by Gasteiger charge is 2.34. The van der Waals surface area contributed by atoms with Crippen molar-refractivity contribution in [1.29, 1.82) is 0 Å². The van der Waals surface area contributed by atoms with Crippen molar-refractivity contribution >= 4 is 23.4 Å². The number of amides is 2. The first-order chi connectivity index (χ1) is 8.15. The second-order valence-corrected chi connectivity index (χ2v) is 4.20. The summed E-state index contributed by atoms with van der Waals surface area (Å²) < 4.78 is 0. The SMILES string of the molecule is C#CCCCN1C(=O)c2ccc(Cl)cc2C1=O. The van der Waals surface area contributed by atoms with Gasteiger partial charge in [0.25, 0.3) is 11.8 Å². The molecule has 0 atom stereocenters. The number of fused-ring (bicyclic) bond motifs is 1. The summed E-state index contributed by atoms with van der Waals surface area (Å²) >= 11 is 5.80. The number of rotatable bonds is 3. The lowest BCUT2D eigenvalue weighted by atomic mass is 10.1. The molecule has 0 unspecified atom stereocenters. The summed E-state index contributed by atoms with van der Waals surface area (Å²) in [4.78, 5) is 25.1. The highest BCUT2D eigenvalue weighted by atomic mass is 35.5. The fraction of sp³-hybridized carbons (Fsp3) is 0.231. The average molecular weight is 248 g/mol. The van der Waals surface area contributed by atoms with Gasteiger partial charge in [-0.25, -0.2) is 0 Å². The molecular weight excluding hydrogens is 238 g/mol. The highest BCUT2D eigenvalue weighted by Crippen LogP contribution is 2.25. The third-order valence-corrected chi connectivity index (χ3v) is 2.87. The van der Waals surface area contributed by atoms with Crippen LogP contribution >= 0.6 is 11.6 Å². The molecule has 0 radical (unpaired) electrons. The molecule has 1 aliphatic heterocycles. The molecule has 1 aliphatic rings. The molecule has 1 aromatic rings. The zero-order chi connectivity index (χ0) is 12.4. The molecule has 0 spiro atoms. The number of benzene rings is 1. The molecule has 4 heteroatoms. The van der Waals surface area contributed by atoms with Crippen LogP contribution in [0.1, 0.15) is 33.6 Å². The topological polar surface area (TPSA) is 37.4 Å². The fourth-order valence-electron chi connectivity index (χ4n) is 1.81. The van der Waals surface area contributed by atoms with E-state index in [0.29, 0.717) is 35.5 Å². The molecular formula is C13H10ClNO2. The minimum absolute atomic E-state index is 0.265. The molecule has 0 N–H and O–H groups in total. The van der Waals surface area contributed by atoms with Gasteiger partial charge < -0.3 is 0 Å². The van der Waals surface area contributed by atoms with Crippen LogP contribution < -0.4 is 0 Å². The average Bonchev–Trinajstić information content (AvgIpc) is 2.54. The van der Waals surface area contributed by atoms with Gasteiger partial charge >= 0.3 is 0 Å². The van der Waals surface area contributed by atoms with Crippen molar-refractivity contribution in [2.24, 2.45) is 0 Å². The zero-order valence-electron chi connectivity index (χ0n) is 9.07. The number of halogens is 1. The Morgan fingerprint density at radius 1 is 1.24 bits per heavy atom. The second kappa shape index (κ2) is 4.60. The molecule has 1 aromatic carbocycles. The van der Waals surface area contributed by atoms with E-state index in [1.807, 2.05) is 0 Å². The van der Waals surface area contributed by atoms with Crippen molar-refractivity contribution in [1.82, 2.24) is 4.90 Å². The van der Waals surface area contributed by atoms with Crippen LogP contribution in [0, 0.1) is 12.3 Å². The molecule has 2 amide bonds. The molecule has 17 heavy (non-hydrogen) atoms. The van der Waals surface area contributed by atoms with Crippen LogP contribution in [0.4, 0.5) is 0 Å². The van der Waals surface area contributed by atoms with Crippen molar-refractivity contribution < 1.29 is 9.59 Å². The van der Waals surface area contributed by atoms with E-state index in [-0.39, 0.29) is 11.8 Å². The van der Waals surface area contributed by atoms with Crippen LogP contribution in [0.5, 0.6) is 0 Å². The number of carbonyl (C=O) groups is 2. The molecule has 0 fully saturated rings. The summed E-state index contributed by atoms with van der Waals surface area (Å²) in [6, 6.07) is 4.72. The number of hydrogen-bond donors (Lipinski definition) is 0. The summed E-state index contributed by atoms with van der Waals surface area (Å²) in [5, 5.41) is 0.454. The van der Waals surface area contributed by atoms with Gasteiger partial charge in [0, 0.05) is 18.0 Å². The third-order valence-electron chi connectivity index (χ3n) is 2.64. The number of terminal acetylenes is 1. The van der Waals surface area contributed by atoms with E-state index in [2.05, 4.69) is 5.92 Å². The predicted octanol–water partition coefficient (Wildman–Crippen LogP) is 2.35. The van der Waals surface area contributed by atoms with E-state index in [9.17, 15) is 9.59 Å². The Balaban J connectivity index is 2.24. The number of carbonyl (C=O) groups excluding carboxylic acids is 2. The fourth-order valence-corrected chi connectivity index (χ4v) is 1.98. The van der Waals surface area contributed by atoms with Gasteiger partial charge in [-0.05, 0) is 24.6 Å². The van der Waals surface area contributed by atoms with Crippen molar-refractivity contribution in [2.75, 3.05) is 6.54 Å². The first-order valence-electron chi connectivity index (χ1n) is 5.24. The summed E-state index contributed by atoms with van der Waals surface area (Å²) in [6.07, 6.45) is 6.30. The molecule has 0 aromatic heterocycles. The van der Waals surface area contributed by atoms with Crippen molar-refractivity contribution in [2.45, 2.75) is 12.8 Å². The molecule has 0 aliphatic carbocycles. The smallest absolute Gasteiger partial charge is 0.261 e. The lowest BCUT2D eigenvalue weighted by Gasteiger charge is -2.12. The van der Waals surface area contributed by atoms with Gasteiger partial charge in [-0.2, -0.15) is 0 Å². The maximum absolute atomic E-state index is 11.9. The van der Waals surface area contributed by atoms with Crippen LogP contribution in [-0.4, -0.2) is 23.3 Å². The summed E-state index contributed by atoms with van der Waals surface area (Å²) in [7, 11) is 0. The summed E-state index contributed by atoms with van der Waals surface area (Å²) in [5.74, 6) is 1.93. The van der Waals surface area contributed by atoms with Gasteiger partial charge in [0.15, 0.2) is 0 Å². The first-order valence-corrected chi connectivity index (χ1v) is 5.62. The minimum Gasteiger partial charge on any atom is -0.274 e. The Hall–Kier alpha value is -1.79. The predicted molar refractivity (Wildman–Crippen MR) is 64.9 cm³/mol. The van der Waals surface area contributed by atoms with Crippen LogP contribution in [0.3, 0.4) is 0 Å². The summed E-state index contributed by atoms with van der Waals surface area (Å²) in [6.45, 7) is 0.355. The van der Waals surface area contributed by atoms with E-state index in [4.69, 9.17) is 18.0 Å². The maximum atomic E-state index is 11.9. The van der Waals surface area contributed by atoms with Crippen molar-refractivity contribution in [3.8, 4) is 12.3 Å². The van der Waals surface area contributed by atoms with E-state index >= 15 is 0 Å². The Labute approximate surface area is 104 Å². The minimum atomic E-state index is -0.287. The largest absolute Gasteiger partial charge is 0.274 e. The Kier molecular flexibility index (Phi) is 3.16. The lowest BCUT2D eigenvalue weighted by Crippen LogP contribution is -2.30. The normalized spacial score (nSPS) is 13.8. The quantitative estimate of drug-likeness (QED) is 0.467. The molecule has 0 bridgehead atoms. The lowest BCUT2D eigenvalue weighted by molar-refractivity contribution is 0.0653. The van der Waals surface area contributed by atoms with Crippen LogP contribution in [-0.2, 0) is 0 Å². The molecule has 86 valence electrons. The van der Waals surface area contributed by atoms with Gasteiger partial charge in [-0.3, -0.25) is 14.5 Å². The second-order valence-electron chi connectivity index (χ2n) is 3.76. The summed E-state index contributed by atoms with van der Waals surface area (Å²) in [5.41, 5.74) is 0.795. The zero-order valence-corrected chi connectivity index (χ0v) is 9.83. The van der Waals surface area contributed by atoms with E-state index in [1.165, 1.54) is 11.0 Å². The molecule has 1 heterocycles. The molecule has 0 saturated carbocycles.